The number of fused-ring (bicyclic) bond motifs is 3. The molecule has 0 spiro atoms. The SMILES string of the molecule is Cc1cnc(C2CCC(c3nnc4n3-c3ccc(Cl)cc3CN(C(=O)O)C4)CC2)o1. The molecule has 156 valence electrons. The molecule has 30 heavy (non-hydrogen) atoms. The van der Waals surface area contributed by atoms with Gasteiger partial charge in [-0.05, 0) is 56.4 Å². The third-order valence-electron chi connectivity index (χ3n) is 6.08. The Morgan fingerprint density at radius 1 is 1.17 bits per heavy atom. The number of amides is 1. The van der Waals surface area contributed by atoms with E-state index in [0.717, 1.165) is 54.4 Å². The summed E-state index contributed by atoms with van der Waals surface area (Å²) < 4.78 is 7.77. The lowest BCUT2D eigenvalue weighted by molar-refractivity contribution is 0.139. The maximum atomic E-state index is 11.7. The number of halogens is 1. The molecule has 2 aliphatic rings. The fraction of sp³-hybridized carbons (Fsp3) is 0.429. The van der Waals surface area contributed by atoms with Crippen LogP contribution in [0.1, 0.15) is 66.4 Å². The number of hydrogen-bond donors (Lipinski definition) is 1. The van der Waals surface area contributed by atoms with E-state index in [-0.39, 0.29) is 19.0 Å². The molecule has 1 aromatic carbocycles. The van der Waals surface area contributed by atoms with Crippen molar-refractivity contribution in [2.24, 2.45) is 0 Å². The molecule has 9 heteroatoms. The Bertz CT molecular complexity index is 1100. The van der Waals surface area contributed by atoms with Crippen molar-refractivity contribution in [2.45, 2.75) is 57.5 Å². The Balaban J connectivity index is 1.47. The quantitative estimate of drug-likeness (QED) is 0.639. The van der Waals surface area contributed by atoms with E-state index < -0.39 is 6.09 Å². The van der Waals surface area contributed by atoms with Crippen LogP contribution in [0, 0.1) is 6.92 Å². The van der Waals surface area contributed by atoms with E-state index in [4.69, 9.17) is 16.0 Å². The van der Waals surface area contributed by atoms with Gasteiger partial charge in [-0.15, -0.1) is 10.2 Å². The minimum Gasteiger partial charge on any atom is -0.465 e. The minimum absolute atomic E-state index is 0.194. The summed E-state index contributed by atoms with van der Waals surface area (Å²) in [6, 6.07) is 5.58. The number of nitrogens with zero attached hydrogens (tertiary/aromatic N) is 5. The van der Waals surface area contributed by atoms with Crippen molar-refractivity contribution >= 4 is 17.7 Å². The molecule has 1 fully saturated rings. The number of hydrogen-bond acceptors (Lipinski definition) is 5. The third kappa shape index (κ3) is 3.35. The van der Waals surface area contributed by atoms with Gasteiger partial charge in [0.25, 0.3) is 0 Å². The van der Waals surface area contributed by atoms with Gasteiger partial charge in [0.15, 0.2) is 11.7 Å². The Hall–Kier alpha value is -2.87. The number of benzene rings is 1. The van der Waals surface area contributed by atoms with Crippen molar-refractivity contribution in [1.82, 2.24) is 24.6 Å². The molecule has 5 rings (SSSR count). The van der Waals surface area contributed by atoms with Gasteiger partial charge in [0, 0.05) is 16.9 Å². The van der Waals surface area contributed by atoms with Crippen LogP contribution in [0.2, 0.25) is 5.02 Å². The van der Waals surface area contributed by atoms with E-state index in [0.29, 0.717) is 16.8 Å². The van der Waals surface area contributed by atoms with Gasteiger partial charge < -0.3 is 9.52 Å². The molecule has 1 N–H and O–H groups in total. The topological polar surface area (TPSA) is 97.3 Å². The van der Waals surface area contributed by atoms with E-state index in [2.05, 4.69) is 15.2 Å². The van der Waals surface area contributed by atoms with Crippen LogP contribution in [0.3, 0.4) is 0 Å². The Kier molecular flexibility index (Phi) is 4.73. The second-order valence-electron chi connectivity index (χ2n) is 8.08. The zero-order chi connectivity index (χ0) is 20.8. The fourth-order valence-corrected chi connectivity index (χ4v) is 4.78. The van der Waals surface area contributed by atoms with Crippen LogP contribution in [0.25, 0.3) is 5.69 Å². The van der Waals surface area contributed by atoms with Crippen molar-refractivity contribution in [3.05, 3.63) is 58.3 Å². The lowest BCUT2D eigenvalue weighted by Crippen LogP contribution is -2.27. The average Bonchev–Trinajstić information content (AvgIpc) is 3.30. The van der Waals surface area contributed by atoms with Gasteiger partial charge in [-0.2, -0.15) is 0 Å². The number of carbonyl (C=O) groups is 1. The van der Waals surface area contributed by atoms with E-state index in [1.54, 1.807) is 6.20 Å². The lowest BCUT2D eigenvalue weighted by Gasteiger charge is -2.26. The molecule has 0 saturated heterocycles. The van der Waals surface area contributed by atoms with E-state index >= 15 is 0 Å². The maximum absolute atomic E-state index is 11.7. The molecule has 3 heterocycles. The monoisotopic (exact) mass is 427 g/mol. The Morgan fingerprint density at radius 3 is 2.63 bits per heavy atom. The van der Waals surface area contributed by atoms with Gasteiger partial charge in [-0.25, -0.2) is 9.78 Å². The van der Waals surface area contributed by atoms with Crippen molar-refractivity contribution in [3.8, 4) is 5.69 Å². The van der Waals surface area contributed by atoms with Crippen LogP contribution in [0.5, 0.6) is 0 Å². The summed E-state index contributed by atoms with van der Waals surface area (Å²) in [5, 5.41) is 19.1. The third-order valence-corrected chi connectivity index (χ3v) is 6.32. The zero-order valence-corrected chi connectivity index (χ0v) is 17.3. The smallest absolute Gasteiger partial charge is 0.408 e. The molecule has 0 unspecified atom stereocenters. The summed E-state index contributed by atoms with van der Waals surface area (Å²) in [6.45, 7) is 2.38. The molecule has 8 nitrogen and oxygen atoms in total. The van der Waals surface area contributed by atoms with E-state index in [1.807, 2.05) is 29.7 Å². The van der Waals surface area contributed by atoms with Gasteiger partial charge in [-0.3, -0.25) is 9.47 Å². The Labute approximate surface area is 178 Å². The highest BCUT2D eigenvalue weighted by molar-refractivity contribution is 6.30. The lowest BCUT2D eigenvalue weighted by atomic mass is 9.81. The number of rotatable bonds is 2. The standard InChI is InChI=1S/C21H22ClN5O3/c1-12-9-23-20(30-12)14-4-2-13(3-5-14)19-25-24-18-11-26(21(28)29)10-15-8-16(22)6-7-17(15)27(18)19/h6-9,13-14H,2-5,10-11H2,1H3,(H,28,29). The molecule has 0 bridgehead atoms. The van der Waals surface area contributed by atoms with Crippen LogP contribution < -0.4 is 0 Å². The molecule has 0 radical (unpaired) electrons. The van der Waals surface area contributed by atoms with Crippen molar-refractivity contribution in [1.29, 1.82) is 0 Å². The van der Waals surface area contributed by atoms with Gasteiger partial charge in [0.2, 0.25) is 0 Å². The number of aryl methyl sites for hydroxylation is 1. The second kappa shape index (κ2) is 7.43. The summed E-state index contributed by atoms with van der Waals surface area (Å²) in [4.78, 5) is 17.5. The van der Waals surface area contributed by atoms with Crippen LogP contribution >= 0.6 is 11.6 Å². The molecule has 1 aliphatic heterocycles. The average molecular weight is 428 g/mol. The predicted octanol–water partition coefficient (Wildman–Crippen LogP) is 4.65. The number of carboxylic acid groups (broad SMARTS) is 1. The van der Waals surface area contributed by atoms with Crippen LogP contribution in [-0.4, -0.2) is 35.8 Å². The first-order valence-electron chi connectivity index (χ1n) is 10.1. The van der Waals surface area contributed by atoms with Crippen LogP contribution in [0.4, 0.5) is 4.79 Å². The summed E-state index contributed by atoms with van der Waals surface area (Å²) in [7, 11) is 0. The van der Waals surface area contributed by atoms with E-state index in [9.17, 15) is 9.90 Å². The number of aromatic nitrogens is 4. The first kappa shape index (κ1) is 19.1. The predicted molar refractivity (Wildman–Crippen MR) is 109 cm³/mol. The van der Waals surface area contributed by atoms with Crippen LogP contribution in [-0.2, 0) is 13.1 Å². The second-order valence-corrected chi connectivity index (χ2v) is 8.52. The summed E-state index contributed by atoms with van der Waals surface area (Å²) in [5.74, 6) is 3.77. The summed E-state index contributed by atoms with van der Waals surface area (Å²) in [6.07, 6.45) is 4.64. The fourth-order valence-electron chi connectivity index (χ4n) is 4.59. The minimum atomic E-state index is -0.985. The highest BCUT2D eigenvalue weighted by Gasteiger charge is 2.32. The maximum Gasteiger partial charge on any atom is 0.408 e. The Morgan fingerprint density at radius 2 is 1.93 bits per heavy atom. The van der Waals surface area contributed by atoms with Crippen molar-refractivity contribution in [2.75, 3.05) is 0 Å². The molecular weight excluding hydrogens is 406 g/mol. The van der Waals surface area contributed by atoms with Crippen molar-refractivity contribution in [3.63, 3.8) is 0 Å². The van der Waals surface area contributed by atoms with Gasteiger partial charge in [0.1, 0.15) is 11.6 Å². The largest absolute Gasteiger partial charge is 0.465 e. The molecule has 3 aromatic rings. The van der Waals surface area contributed by atoms with Gasteiger partial charge in [0.05, 0.1) is 25.0 Å². The first-order chi connectivity index (χ1) is 14.5. The summed E-state index contributed by atoms with van der Waals surface area (Å²) in [5.41, 5.74) is 1.76. The summed E-state index contributed by atoms with van der Waals surface area (Å²) >= 11 is 6.20. The van der Waals surface area contributed by atoms with Crippen molar-refractivity contribution < 1.29 is 14.3 Å². The molecule has 2 aromatic heterocycles. The molecular formula is C21H22ClN5O3. The molecule has 1 aliphatic carbocycles. The first-order valence-corrected chi connectivity index (χ1v) is 10.5. The molecule has 0 atom stereocenters. The number of oxazole rings is 1. The highest BCUT2D eigenvalue weighted by Crippen LogP contribution is 2.41. The highest BCUT2D eigenvalue weighted by atomic mass is 35.5. The zero-order valence-electron chi connectivity index (χ0n) is 16.6. The van der Waals surface area contributed by atoms with Crippen LogP contribution in [0.15, 0.2) is 28.8 Å². The van der Waals surface area contributed by atoms with E-state index in [1.165, 1.54) is 4.90 Å². The van der Waals surface area contributed by atoms with Gasteiger partial charge in [-0.1, -0.05) is 11.6 Å². The molecule has 1 saturated carbocycles. The molecule has 1 amide bonds. The normalized spacial score (nSPS) is 21.1. The van der Waals surface area contributed by atoms with Gasteiger partial charge >= 0.3 is 6.09 Å².